The van der Waals surface area contributed by atoms with E-state index in [9.17, 15) is 0 Å². The first kappa shape index (κ1) is 12.9. The first-order valence-corrected chi connectivity index (χ1v) is 8.34. The third kappa shape index (κ3) is 1.94. The highest BCUT2D eigenvalue weighted by Crippen LogP contribution is 2.60. The molecule has 1 heteroatoms. The van der Waals surface area contributed by atoms with Gasteiger partial charge in [-0.05, 0) is 86.7 Å². The van der Waals surface area contributed by atoms with Gasteiger partial charge in [0.15, 0.2) is 0 Å². The van der Waals surface area contributed by atoms with Crippen molar-refractivity contribution < 1.29 is 0 Å². The monoisotopic (exact) mass is 269 g/mol. The van der Waals surface area contributed by atoms with Crippen LogP contribution in [-0.2, 0) is 11.0 Å². The van der Waals surface area contributed by atoms with E-state index in [0.717, 1.165) is 17.8 Å². The molecule has 0 unspecified atom stereocenters. The molecule has 4 bridgehead atoms. The van der Waals surface area contributed by atoms with Crippen LogP contribution in [0.15, 0.2) is 24.3 Å². The Hall–Kier alpha value is -0.820. The van der Waals surface area contributed by atoms with E-state index in [-0.39, 0.29) is 5.54 Å². The number of rotatable bonds is 2. The summed E-state index contributed by atoms with van der Waals surface area (Å²) in [5, 5.41) is 0. The maximum atomic E-state index is 6.21. The Bertz CT molecular complexity index is 470. The topological polar surface area (TPSA) is 26.0 Å². The molecular formula is C19H27N. The summed E-state index contributed by atoms with van der Waals surface area (Å²) in [4.78, 5) is 0. The van der Waals surface area contributed by atoms with Gasteiger partial charge >= 0.3 is 0 Å². The molecule has 108 valence electrons. The van der Waals surface area contributed by atoms with Crippen LogP contribution in [0.2, 0.25) is 0 Å². The first-order chi connectivity index (χ1) is 9.45. The lowest BCUT2D eigenvalue weighted by atomic mass is 9.48. The van der Waals surface area contributed by atoms with Crippen molar-refractivity contribution in [2.24, 2.45) is 23.5 Å². The molecule has 0 radical (unpaired) electrons. The predicted octanol–water partition coefficient (Wildman–Crippen LogP) is 4.35. The molecule has 0 aliphatic heterocycles. The Labute approximate surface area is 122 Å². The predicted molar refractivity (Wildman–Crippen MR) is 83.5 cm³/mol. The Balaban J connectivity index is 1.67. The molecule has 0 aromatic heterocycles. The Kier molecular flexibility index (Phi) is 2.64. The van der Waals surface area contributed by atoms with Crippen molar-refractivity contribution in [3.63, 3.8) is 0 Å². The quantitative estimate of drug-likeness (QED) is 0.848. The average Bonchev–Trinajstić information content (AvgIpc) is 2.36. The largest absolute Gasteiger partial charge is 0.322 e. The minimum atomic E-state index is -0.222. The summed E-state index contributed by atoms with van der Waals surface area (Å²) in [5.74, 6) is 3.06. The average molecular weight is 269 g/mol. The second kappa shape index (κ2) is 4.10. The van der Waals surface area contributed by atoms with Gasteiger partial charge in [-0.2, -0.15) is 0 Å². The molecule has 2 N–H and O–H groups in total. The molecule has 1 nitrogen and oxygen atoms in total. The molecule has 0 atom stereocenters. The van der Waals surface area contributed by atoms with E-state index in [1.165, 1.54) is 44.1 Å². The van der Waals surface area contributed by atoms with Gasteiger partial charge in [0.25, 0.3) is 0 Å². The van der Waals surface area contributed by atoms with Crippen molar-refractivity contribution in [1.82, 2.24) is 0 Å². The van der Waals surface area contributed by atoms with E-state index in [2.05, 4.69) is 38.1 Å². The van der Waals surface area contributed by atoms with Gasteiger partial charge in [0.05, 0.1) is 0 Å². The zero-order valence-corrected chi connectivity index (χ0v) is 12.9. The molecule has 4 aliphatic rings. The van der Waals surface area contributed by atoms with Gasteiger partial charge in [-0.15, -0.1) is 0 Å². The highest BCUT2D eigenvalue weighted by atomic mass is 14.7. The lowest BCUT2D eigenvalue weighted by Crippen LogP contribution is -2.48. The van der Waals surface area contributed by atoms with Crippen LogP contribution in [0.25, 0.3) is 0 Å². The molecule has 0 amide bonds. The fraction of sp³-hybridized carbons (Fsp3) is 0.684. The highest BCUT2D eigenvalue weighted by Gasteiger charge is 2.51. The standard InChI is InChI=1S/C19H27N/c1-18(2,20)16-3-5-17(6-4-16)19-10-13-7-14(11-19)9-15(8-13)12-19/h3-6,13-15H,7-12,20H2,1-2H3. The SMILES string of the molecule is CC(C)(N)c1ccc(C23CC4CC(CC(C4)C2)C3)cc1. The molecule has 0 spiro atoms. The molecule has 4 fully saturated rings. The molecular weight excluding hydrogens is 242 g/mol. The summed E-state index contributed by atoms with van der Waals surface area (Å²) in [5.41, 5.74) is 9.37. The van der Waals surface area contributed by atoms with E-state index in [4.69, 9.17) is 5.73 Å². The summed E-state index contributed by atoms with van der Waals surface area (Å²) in [6.45, 7) is 4.18. The molecule has 1 aromatic rings. The van der Waals surface area contributed by atoms with Crippen molar-refractivity contribution >= 4 is 0 Å². The normalized spacial score (nSPS) is 39.2. The van der Waals surface area contributed by atoms with Crippen molar-refractivity contribution in [3.05, 3.63) is 35.4 Å². The molecule has 5 rings (SSSR count). The van der Waals surface area contributed by atoms with Gasteiger partial charge in [-0.25, -0.2) is 0 Å². The summed E-state index contributed by atoms with van der Waals surface area (Å²) in [6, 6.07) is 9.32. The van der Waals surface area contributed by atoms with Gasteiger partial charge in [0.2, 0.25) is 0 Å². The van der Waals surface area contributed by atoms with Crippen LogP contribution in [-0.4, -0.2) is 0 Å². The van der Waals surface area contributed by atoms with Gasteiger partial charge in [0.1, 0.15) is 0 Å². The van der Waals surface area contributed by atoms with Crippen molar-refractivity contribution in [2.75, 3.05) is 0 Å². The maximum Gasteiger partial charge on any atom is 0.0352 e. The van der Waals surface area contributed by atoms with Crippen LogP contribution in [0.4, 0.5) is 0 Å². The smallest absolute Gasteiger partial charge is 0.0352 e. The third-order valence-electron chi connectivity index (χ3n) is 6.28. The van der Waals surface area contributed by atoms with Crippen LogP contribution < -0.4 is 5.73 Å². The molecule has 0 saturated heterocycles. The maximum absolute atomic E-state index is 6.21. The van der Waals surface area contributed by atoms with Gasteiger partial charge in [-0.3, -0.25) is 0 Å². The Morgan fingerprint density at radius 3 is 1.75 bits per heavy atom. The number of hydrogen-bond acceptors (Lipinski definition) is 1. The summed E-state index contributed by atoms with van der Waals surface area (Å²) in [7, 11) is 0. The van der Waals surface area contributed by atoms with Crippen LogP contribution in [0.3, 0.4) is 0 Å². The van der Waals surface area contributed by atoms with Crippen LogP contribution in [0.1, 0.15) is 63.5 Å². The number of nitrogens with two attached hydrogens (primary N) is 1. The fourth-order valence-electron chi connectivity index (χ4n) is 5.72. The van der Waals surface area contributed by atoms with E-state index >= 15 is 0 Å². The second-order valence-electron chi connectivity index (χ2n) is 8.50. The van der Waals surface area contributed by atoms with Crippen molar-refractivity contribution in [3.8, 4) is 0 Å². The van der Waals surface area contributed by atoms with E-state index in [1.807, 2.05) is 0 Å². The molecule has 0 heterocycles. The van der Waals surface area contributed by atoms with E-state index in [0.29, 0.717) is 5.41 Å². The number of benzene rings is 1. The number of hydrogen-bond donors (Lipinski definition) is 1. The zero-order chi connectivity index (χ0) is 14.0. The summed E-state index contributed by atoms with van der Waals surface area (Å²) >= 11 is 0. The third-order valence-corrected chi connectivity index (χ3v) is 6.28. The highest BCUT2D eigenvalue weighted by molar-refractivity contribution is 5.34. The lowest BCUT2D eigenvalue weighted by molar-refractivity contribution is -0.00520. The van der Waals surface area contributed by atoms with Crippen LogP contribution >= 0.6 is 0 Å². The second-order valence-corrected chi connectivity index (χ2v) is 8.50. The minimum Gasteiger partial charge on any atom is -0.322 e. The van der Waals surface area contributed by atoms with Crippen LogP contribution in [0, 0.1) is 17.8 Å². The molecule has 20 heavy (non-hydrogen) atoms. The van der Waals surface area contributed by atoms with Gasteiger partial charge in [-0.1, -0.05) is 24.3 Å². The Morgan fingerprint density at radius 2 is 1.35 bits per heavy atom. The molecule has 1 aromatic carbocycles. The van der Waals surface area contributed by atoms with Gasteiger partial charge < -0.3 is 5.73 Å². The van der Waals surface area contributed by atoms with Crippen molar-refractivity contribution in [2.45, 2.75) is 63.3 Å². The zero-order valence-electron chi connectivity index (χ0n) is 12.9. The summed E-state index contributed by atoms with van der Waals surface area (Å²) in [6.07, 6.45) is 8.91. The summed E-state index contributed by atoms with van der Waals surface area (Å²) < 4.78 is 0. The fourth-order valence-corrected chi connectivity index (χ4v) is 5.72. The molecule has 4 aliphatic carbocycles. The molecule has 4 saturated carbocycles. The van der Waals surface area contributed by atoms with Crippen LogP contribution in [0.5, 0.6) is 0 Å². The van der Waals surface area contributed by atoms with E-state index < -0.39 is 0 Å². The lowest BCUT2D eigenvalue weighted by Gasteiger charge is -2.57. The van der Waals surface area contributed by atoms with Crippen molar-refractivity contribution in [1.29, 1.82) is 0 Å². The minimum absolute atomic E-state index is 0.222. The van der Waals surface area contributed by atoms with Gasteiger partial charge in [0, 0.05) is 5.54 Å². The van der Waals surface area contributed by atoms with E-state index in [1.54, 1.807) is 5.56 Å². The Morgan fingerprint density at radius 1 is 0.900 bits per heavy atom. The first-order valence-electron chi connectivity index (χ1n) is 8.34.